The van der Waals surface area contributed by atoms with Gasteiger partial charge in [0.25, 0.3) is 0 Å². The molecule has 0 atom stereocenters. The summed E-state index contributed by atoms with van der Waals surface area (Å²) in [6.07, 6.45) is 0. The van der Waals surface area contributed by atoms with Crippen molar-refractivity contribution in [3.63, 3.8) is 0 Å². The van der Waals surface area contributed by atoms with Crippen molar-refractivity contribution in [3.05, 3.63) is 182 Å². The van der Waals surface area contributed by atoms with E-state index < -0.39 is 8.07 Å². The molecular formula is C53H36N4SSi. The number of nitrogens with zero attached hydrogens (tertiary/aromatic N) is 4. The van der Waals surface area contributed by atoms with Crippen molar-refractivity contribution >= 4 is 71.8 Å². The van der Waals surface area contributed by atoms with E-state index in [2.05, 4.69) is 181 Å². The van der Waals surface area contributed by atoms with Crippen LogP contribution in [0, 0.1) is 0 Å². The van der Waals surface area contributed by atoms with Gasteiger partial charge in [0.2, 0.25) is 0 Å². The molecule has 0 saturated carbocycles. The van der Waals surface area contributed by atoms with E-state index in [4.69, 9.17) is 15.0 Å². The summed E-state index contributed by atoms with van der Waals surface area (Å²) in [5, 5.41) is 7.97. The molecule has 278 valence electrons. The molecule has 0 unspecified atom stereocenters. The van der Waals surface area contributed by atoms with E-state index in [0.29, 0.717) is 17.5 Å². The van der Waals surface area contributed by atoms with Crippen LogP contribution in [0.2, 0.25) is 13.1 Å². The third-order valence-electron chi connectivity index (χ3n) is 12.3. The molecule has 0 amide bonds. The number of para-hydroxylation sites is 2. The van der Waals surface area contributed by atoms with E-state index in [1.807, 2.05) is 29.5 Å². The van der Waals surface area contributed by atoms with E-state index in [9.17, 15) is 0 Å². The van der Waals surface area contributed by atoms with Gasteiger partial charge in [0.1, 0.15) is 8.07 Å². The van der Waals surface area contributed by atoms with Gasteiger partial charge in [-0.05, 0) is 56.9 Å². The molecule has 6 heteroatoms. The first-order chi connectivity index (χ1) is 29.0. The summed E-state index contributed by atoms with van der Waals surface area (Å²) >= 11 is 1.90. The second-order valence-electron chi connectivity index (χ2n) is 16.0. The molecular weight excluding hydrogens is 753 g/mol. The largest absolute Gasteiger partial charge is 0.308 e. The summed E-state index contributed by atoms with van der Waals surface area (Å²) in [6.45, 7) is 4.90. The van der Waals surface area contributed by atoms with Crippen LogP contribution >= 0.6 is 11.3 Å². The number of thiophene rings is 1. The lowest BCUT2D eigenvalue weighted by atomic mass is 10.0. The lowest BCUT2D eigenvalue weighted by Gasteiger charge is -2.19. The van der Waals surface area contributed by atoms with Crippen LogP contribution in [0.15, 0.2) is 182 Å². The second kappa shape index (κ2) is 13.0. The lowest BCUT2D eigenvalue weighted by Crippen LogP contribution is -2.49. The zero-order chi connectivity index (χ0) is 39.2. The second-order valence-corrected chi connectivity index (χ2v) is 21.3. The molecule has 0 spiro atoms. The highest BCUT2D eigenvalue weighted by Gasteiger charge is 2.37. The van der Waals surface area contributed by atoms with Gasteiger partial charge in [-0.2, -0.15) is 0 Å². The number of fused-ring (bicyclic) bond motifs is 10. The molecule has 0 radical (unpaired) electrons. The van der Waals surface area contributed by atoms with Crippen LogP contribution in [0.5, 0.6) is 0 Å². The first kappa shape index (κ1) is 34.1. The Kier molecular flexibility index (Phi) is 7.52. The van der Waals surface area contributed by atoms with Crippen LogP contribution < -0.4 is 10.4 Å². The van der Waals surface area contributed by atoms with Crippen LogP contribution in [-0.4, -0.2) is 27.6 Å². The first-order valence-electron chi connectivity index (χ1n) is 20.1. The Morgan fingerprint density at radius 3 is 1.85 bits per heavy atom. The summed E-state index contributed by atoms with van der Waals surface area (Å²) in [6, 6.07) is 65.5. The molecule has 0 saturated heterocycles. The van der Waals surface area contributed by atoms with E-state index in [0.717, 1.165) is 33.4 Å². The summed E-state index contributed by atoms with van der Waals surface area (Å²) in [5.74, 6) is 1.98. The minimum atomic E-state index is -1.92. The molecule has 0 bridgehead atoms. The van der Waals surface area contributed by atoms with E-state index >= 15 is 0 Å². The van der Waals surface area contributed by atoms with Crippen molar-refractivity contribution in [3.8, 4) is 62.1 Å². The van der Waals surface area contributed by atoms with Crippen LogP contribution in [0.4, 0.5) is 0 Å². The van der Waals surface area contributed by atoms with Gasteiger partial charge >= 0.3 is 0 Å². The molecule has 59 heavy (non-hydrogen) atoms. The smallest absolute Gasteiger partial charge is 0.166 e. The van der Waals surface area contributed by atoms with Gasteiger partial charge in [-0.25, -0.2) is 15.0 Å². The van der Waals surface area contributed by atoms with Gasteiger partial charge < -0.3 is 4.57 Å². The van der Waals surface area contributed by atoms with Gasteiger partial charge in [0.15, 0.2) is 17.5 Å². The SMILES string of the molecule is C[Si]1(C)c2ccccc2-c2ccc(-c3nc(-c4ccccc4)nc(-c4ccccc4-n4c5ccccc5c5c6sc7c(-c8ccccc8)cccc7c6ccc54)n3)cc21. The average molecular weight is 789 g/mol. The summed E-state index contributed by atoms with van der Waals surface area (Å²) < 4.78 is 5.02. The quantitative estimate of drug-likeness (QED) is 0.163. The number of hydrogen-bond acceptors (Lipinski definition) is 4. The molecule has 1 aliphatic heterocycles. The predicted octanol–water partition coefficient (Wildman–Crippen LogP) is 12.8. The monoisotopic (exact) mass is 788 g/mol. The average Bonchev–Trinajstić information content (AvgIpc) is 3.92. The minimum Gasteiger partial charge on any atom is -0.308 e. The maximum absolute atomic E-state index is 5.35. The van der Waals surface area contributed by atoms with Crippen molar-refractivity contribution in [2.24, 2.45) is 0 Å². The fourth-order valence-corrected chi connectivity index (χ4v) is 13.9. The van der Waals surface area contributed by atoms with Gasteiger partial charge in [-0.1, -0.05) is 171 Å². The third-order valence-corrected chi connectivity index (χ3v) is 17.1. The molecule has 0 N–H and O–H groups in total. The summed E-state index contributed by atoms with van der Waals surface area (Å²) in [5.41, 5.74) is 11.4. The highest BCUT2D eigenvalue weighted by atomic mass is 32.1. The van der Waals surface area contributed by atoms with Crippen molar-refractivity contribution in [1.29, 1.82) is 0 Å². The maximum Gasteiger partial charge on any atom is 0.166 e. The van der Waals surface area contributed by atoms with Gasteiger partial charge in [0, 0.05) is 47.6 Å². The van der Waals surface area contributed by atoms with Crippen LogP contribution in [0.1, 0.15) is 0 Å². The first-order valence-corrected chi connectivity index (χ1v) is 23.9. The zero-order valence-corrected chi connectivity index (χ0v) is 34.3. The molecule has 11 aromatic rings. The Balaban J connectivity index is 1.08. The topological polar surface area (TPSA) is 43.6 Å². The number of benzene rings is 8. The Bertz CT molecular complexity index is 3480. The Morgan fingerprint density at radius 2 is 1.02 bits per heavy atom. The highest BCUT2D eigenvalue weighted by Crippen LogP contribution is 2.46. The summed E-state index contributed by atoms with van der Waals surface area (Å²) in [7, 11) is -1.92. The van der Waals surface area contributed by atoms with Gasteiger partial charge in [-0.3, -0.25) is 0 Å². The molecule has 8 aromatic carbocycles. The van der Waals surface area contributed by atoms with E-state index in [-0.39, 0.29) is 0 Å². The Labute approximate surface area is 346 Å². The molecule has 4 nitrogen and oxygen atoms in total. The molecule has 0 fully saturated rings. The van der Waals surface area contributed by atoms with Crippen LogP contribution in [-0.2, 0) is 0 Å². The standard InChI is InChI=1S/C53H36N4SSi/c1-59(2)46-27-14-11-20-37(46)38-29-28-35(32-47(38)59)52-54-51(34-18-7-4-8-19-34)55-53(56-52)42-22-10-13-26-44(42)57-43-25-12-9-21-41(43)48-45(57)31-30-40-39-24-15-23-36(49(39)58-50(40)48)33-16-5-3-6-17-33/h3-32H,1-2H3. The van der Waals surface area contributed by atoms with Crippen molar-refractivity contribution in [2.75, 3.05) is 0 Å². The fraction of sp³-hybridized carbons (Fsp3) is 0.0377. The highest BCUT2D eigenvalue weighted by molar-refractivity contribution is 7.27. The fourth-order valence-electron chi connectivity index (χ4n) is 9.46. The van der Waals surface area contributed by atoms with Crippen LogP contribution in [0.25, 0.3) is 104 Å². The number of aromatic nitrogens is 4. The molecule has 1 aliphatic rings. The van der Waals surface area contributed by atoms with Crippen molar-refractivity contribution in [2.45, 2.75) is 13.1 Å². The molecule has 3 aromatic heterocycles. The number of hydrogen-bond donors (Lipinski definition) is 0. The maximum atomic E-state index is 5.35. The zero-order valence-electron chi connectivity index (χ0n) is 32.5. The molecule has 0 aliphatic carbocycles. The lowest BCUT2D eigenvalue weighted by molar-refractivity contribution is 1.06. The third kappa shape index (κ3) is 5.16. The molecule has 12 rings (SSSR count). The Morgan fingerprint density at radius 1 is 0.407 bits per heavy atom. The normalized spacial score (nSPS) is 13.1. The van der Waals surface area contributed by atoms with Gasteiger partial charge in [-0.15, -0.1) is 11.3 Å². The molecule has 4 heterocycles. The van der Waals surface area contributed by atoms with E-state index in [1.165, 1.54) is 63.6 Å². The van der Waals surface area contributed by atoms with Crippen molar-refractivity contribution < 1.29 is 0 Å². The van der Waals surface area contributed by atoms with E-state index in [1.54, 1.807) is 0 Å². The van der Waals surface area contributed by atoms with Crippen LogP contribution in [0.3, 0.4) is 0 Å². The minimum absolute atomic E-state index is 0.645. The van der Waals surface area contributed by atoms with Crippen molar-refractivity contribution in [1.82, 2.24) is 19.5 Å². The number of rotatable bonds is 5. The van der Waals surface area contributed by atoms with Gasteiger partial charge in [0.05, 0.1) is 16.7 Å². The summed E-state index contributed by atoms with van der Waals surface area (Å²) in [4.78, 5) is 15.8. The predicted molar refractivity (Wildman–Crippen MR) is 251 cm³/mol. The Hall–Kier alpha value is -6.99.